The van der Waals surface area contributed by atoms with Crippen LogP contribution in [-0.4, -0.2) is 14.3 Å². The van der Waals surface area contributed by atoms with Crippen molar-refractivity contribution < 1.29 is 0 Å². The molecule has 3 nitrogen and oxygen atoms in total. The van der Waals surface area contributed by atoms with E-state index >= 15 is 0 Å². The maximum absolute atomic E-state index is 4.44. The van der Waals surface area contributed by atoms with Crippen molar-refractivity contribution in [2.75, 3.05) is 0 Å². The topological polar surface area (TPSA) is 30.7 Å². The van der Waals surface area contributed by atoms with E-state index in [1.165, 1.54) is 0 Å². The number of nitrogens with zero attached hydrogens (tertiary/aromatic N) is 3. The average Bonchev–Trinajstić information content (AvgIpc) is 2.55. The number of fused-ring (bicyclic) bond motifs is 3. The first kappa shape index (κ1) is 8.81. The Morgan fingerprint density at radius 3 is 2.87 bits per heavy atom. The van der Waals surface area contributed by atoms with Crippen LogP contribution in [0.25, 0.3) is 21.9 Å². The molecule has 0 amide bonds. The van der Waals surface area contributed by atoms with Crippen molar-refractivity contribution in [1.29, 1.82) is 0 Å². The third-order valence-corrected chi connectivity index (χ3v) is 3.23. The van der Waals surface area contributed by atoms with E-state index in [0.717, 1.165) is 27.8 Å². The molecule has 0 aliphatic carbocycles. The molecule has 4 heteroatoms. The summed E-state index contributed by atoms with van der Waals surface area (Å²) in [4.78, 5) is 8.82. The minimum absolute atomic E-state index is 0.946. The predicted octanol–water partition coefficient (Wildman–Crippen LogP) is 2.53. The van der Waals surface area contributed by atoms with Gasteiger partial charge in [0, 0.05) is 5.39 Å². The summed E-state index contributed by atoms with van der Waals surface area (Å²) in [6.07, 6.45) is 1.82. The molecule has 2 aromatic heterocycles. The third kappa shape index (κ3) is 1.17. The zero-order valence-corrected chi connectivity index (χ0v) is 9.46. The molecule has 0 spiro atoms. The molecule has 0 radical (unpaired) electrons. The first-order chi connectivity index (χ1) is 7.27. The Labute approximate surface area is 89.4 Å². The zero-order valence-electron chi connectivity index (χ0n) is 8.31. The normalized spacial score (nSPS) is 11.3. The number of aromatic nitrogens is 3. The highest BCUT2D eigenvalue weighted by molar-refractivity contribution is 7.15. The minimum Gasteiger partial charge on any atom is -0.312 e. The van der Waals surface area contributed by atoms with Crippen molar-refractivity contribution in [3.63, 3.8) is 0 Å². The summed E-state index contributed by atoms with van der Waals surface area (Å²) in [6.45, 7) is 1.99. The van der Waals surface area contributed by atoms with E-state index in [2.05, 4.69) is 25.4 Å². The molecule has 0 aliphatic rings. The highest BCUT2D eigenvalue weighted by Crippen LogP contribution is 2.25. The molecule has 0 fully saturated rings. The Morgan fingerprint density at radius 2 is 2.00 bits per heavy atom. The van der Waals surface area contributed by atoms with Gasteiger partial charge in [0.15, 0.2) is 0 Å². The van der Waals surface area contributed by atoms with Crippen molar-refractivity contribution in [3.8, 4) is 0 Å². The van der Waals surface area contributed by atoms with E-state index in [9.17, 15) is 0 Å². The van der Waals surface area contributed by atoms with E-state index < -0.39 is 0 Å². The molecular formula is C11H10N3P. The third-order valence-electron chi connectivity index (χ3n) is 2.60. The lowest BCUT2D eigenvalue weighted by atomic mass is 10.2. The molecule has 3 rings (SSSR count). The van der Waals surface area contributed by atoms with Crippen LogP contribution in [0.15, 0.2) is 30.5 Å². The van der Waals surface area contributed by atoms with Gasteiger partial charge in [-0.1, -0.05) is 18.2 Å². The van der Waals surface area contributed by atoms with Gasteiger partial charge in [0.25, 0.3) is 0 Å². The smallest absolute Gasteiger partial charge is 0.109 e. The van der Waals surface area contributed by atoms with Crippen molar-refractivity contribution in [3.05, 3.63) is 36.3 Å². The van der Waals surface area contributed by atoms with E-state index in [-0.39, 0.29) is 0 Å². The van der Waals surface area contributed by atoms with Crippen molar-refractivity contribution >= 4 is 31.3 Å². The summed E-state index contributed by atoms with van der Waals surface area (Å²) < 4.78 is 2.03. The van der Waals surface area contributed by atoms with Gasteiger partial charge < -0.3 is 4.34 Å². The molecule has 1 aromatic carbocycles. The number of benzene rings is 1. The number of hydrogen-bond donors (Lipinski definition) is 0. The van der Waals surface area contributed by atoms with Crippen LogP contribution in [-0.2, 0) is 0 Å². The largest absolute Gasteiger partial charge is 0.312 e. The fourth-order valence-electron chi connectivity index (χ4n) is 1.84. The average molecular weight is 215 g/mol. The van der Waals surface area contributed by atoms with Gasteiger partial charge in [0.05, 0.1) is 17.2 Å². The number of aryl methyl sites for hydroxylation is 1. The standard InChI is InChI=1S/C11H10N3P/c1-7-13-10-6-12-9-5-3-2-4-8(9)11(10)14(7)15/h2-6H,15H2,1H3. The van der Waals surface area contributed by atoms with Crippen LogP contribution in [0.4, 0.5) is 0 Å². The SMILES string of the molecule is Cc1nc2cnc3ccccc3c2n1P. The summed E-state index contributed by atoms with van der Waals surface area (Å²) in [5.74, 6) is 0.980. The van der Waals surface area contributed by atoms with Gasteiger partial charge >= 0.3 is 0 Å². The highest BCUT2D eigenvalue weighted by atomic mass is 31.0. The Balaban J connectivity index is 2.63. The number of pyridine rings is 1. The van der Waals surface area contributed by atoms with Gasteiger partial charge in [-0.15, -0.1) is 0 Å². The van der Waals surface area contributed by atoms with E-state index in [1.807, 2.05) is 35.7 Å². The molecule has 0 aliphatic heterocycles. The number of hydrogen-bond acceptors (Lipinski definition) is 2. The second-order valence-electron chi connectivity index (χ2n) is 3.54. The quantitative estimate of drug-likeness (QED) is 0.539. The fourth-order valence-corrected chi connectivity index (χ4v) is 2.17. The first-order valence-electron chi connectivity index (χ1n) is 4.75. The maximum Gasteiger partial charge on any atom is 0.109 e. The highest BCUT2D eigenvalue weighted by Gasteiger charge is 2.08. The molecule has 15 heavy (non-hydrogen) atoms. The minimum atomic E-state index is 0.946. The van der Waals surface area contributed by atoms with Crippen LogP contribution >= 0.6 is 9.39 Å². The Hall–Kier alpha value is -1.47. The second kappa shape index (κ2) is 3.01. The second-order valence-corrected chi connectivity index (χ2v) is 4.05. The van der Waals surface area contributed by atoms with Crippen LogP contribution in [0.3, 0.4) is 0 Å². The molecule has 0 N–H and O–H groups in total. The monoisotopic (exact) mass is 215 g/mol. The Bertz CT molecular complexity index is 657. The Kier molecular flexibility index (Phi) is 1.77. The maximum atomic E-state index is 4.44. The van der Waals surface area contributed by atoms with Crippen LogP contribution < -0.4 is 0 Å². The van der Waals surface area contributed by atoms with E-state index in [4.69, 9.17) is 0 Å². The molecule has 0 saturated heterocycles. The van der Waals surface area contributed by atoms with Crippen molar-refractivity contribution in [1.82, 2.24) is 14.3 Å². The van der Waals surface area contributed by atoms with Gasteiger partial charge in [0.1, 0.15) is 11.3 Å². The molecule has 74 valence electrons. The summed E-state index contributed by atoms with van der Waals surface area (Å²) in [5.41, 5.74) is 3.08. The molecular weight excluding hydrogens is 205 g/mol. The van der Waals surface area contributed by atoms with Gasteiger partial charge in [-0.25, -0.2) is 4.98 Å². The Morgan fingerprint density at radius 1 is 1.20 bits per heavy atom. The van der Waals surface area contributed by atoms with Crippen LogP contribution in [0.5, 0.6) is 0 Å². The molecule has 0 bridgehead atoms. The number of para-hydroxylation sites is 1. The predicted molar refractivity (Wildman–Crippen MR) is 64.9 cm³/mol. The summed E-state index contributed by atoms with van der Waals surface area (Å²) in [6, 6.07) is 8.11. The lowest BCUT2D eigenvalue weighted by molar-refractivity contribution is 1.12. The van der Waals surface area contributed by atoms with E-state index in [1.54, 1.807) is 0 Å². The molecule has 2 heterocycles. The summed E-state index contributed by atoms with van der Waals surface area (Å²) in [7, 11) is 2.69. The van der Waals surface area contributed by atoms with Crippen molar-refractivity contribution in [2.45, 2.75) is 6.92 Å². The summed E-state index contributed by atoms with van der Waals surface area (Å²) >= 11 is 0. The van der Waals surface area contributed by atoms with Crippen LogP contribution in [0.2, 0.25) is 0 Å². The van der Waals surface area contributed by atoms with Gasteiger partial charge in [0.2, 0.25) is 0 Å². The van der Waals surface area contributed by atoms with Gasteiger partial charge in [-0.05, 0) is 22.4 Å². The lowest BCUT2D eigenvalue weighted by Crippen LogP contribution is -1.84. The van der Waals surface area contributed by atoms with E-state index in [0.29, 0.717) is 0 Å². The lowest BCUT2D eigenvalue weighted by Gasteiger charge is -2.00. The number of rotatable bonds is 0. The summed E-state index contributed by atoms with van der Waals surface area (Å²) in [5, 5.41) is 1.14. The van der Waals surface area contributed by atoms with Crippen molar-refractivity contribution in [2.24, 2.45) is 0 Å². The molecule has 1 unspecified atom stereocenters. The zero-order chi connectivity index (χ0) is 10.4. The van der Waals surface area contributed by atoms with Crippen LogP contribution in [0, 0.1) is 6.92 Å². The molecule has 0 saturated carbocycles. The number of imidazole rings is 1. The van der Waals surface area contributed by atoms with Crippen LogP contribution in [0.1, 0.15) is 5.82 Å². The van der Waals surface area contributed by atoms with Gasteiger partial charge in [-0.3, -0.25) is 4.98 Å². The van der Waals surface area contributed by atoms with Gasteiger partial charge in [-0.2, -0.15) is 0 Å². The molecule has 1 atom stereocenters. The fraction of sp³-hybridized carbons (Fsp3) is 0.0909. The first-order valence-corrected chi connectivity index (χ1v) is 5.27. The molecule has 3 aromatic rings.